The zero-order valence-corrected chi connectivity index (χ0v) is 10.4. The maximum Gasteiger partial charge on any atom is 0.330 e. The smallest absolute Gasteiger partial charge is 0.330 e. The molecule has 0 amide bonds. The van der Waals surface area contributed by atoms with Crippen LogP contribution in [0.15, 0.2) is 0 Å². The highest BCUT2D eigenvalue weighted by molar-refractivity contribution is 8.14. The van der Waals surface area contributed by atoms with Crippen molar-refractivity contribution in [2.24, 2.45) is 5.41 Å². The molecule has 0 atom stereocenters. The minimum absolute atomic E-state index is 0.113. The van der Waals surface area contributed by atoms with E-state index in [1.165, 1.54) is 11.8 Å². The molecule has 1 aliphatic rings. The highest BCUT2D eigenvalue weighted by atomic mass is 32.2. The van der Waals surface area contributed by atoms with E-state index < -0.39 is 5.41 Å². The first-order valence-corrected chi connectivity index (χ1v) is 5.81. The molecule has 0 bridgehead atoms. The lowest BCUT2D eigenvalue weighted by atomic mass is 9.98. The summed E-state index contributed by atoms with van der Waals surface area (Å²) in [5.74, 6) is -0.228. The largest absolute Gasteiger partial charge is 0.367 e. The second kappa shape index (κ2) is 4.53. The van der Waals surface area contributed by atoms with Gasteiger partial charge in [-0.1, -0.05) is 11.8 Å². The average molecular weight is 231 g/mol. The molecule has 0 aromatic carbocycles. The molecule has 0 spiro atoms. The molecule has 0 aromatic heterocycles. The van der Waals surface area contributed by atoms with Crippen LogP contribution < -0.4 is 0 Å². The van der Waals surface area contributed by atoms with Crippen molar-refractivity contribution >= 4 is 22.8 Å². The molecule has 15 heavy (non-hydrogen) atoms. The van der Waals surface area contributed by atoms with E-state index in [4.69, 9.17) is 4.84 Å². The number of nitrogens with zero attached hydrogens (tertiary/aromatic N) is 1. The van der Waals surface area contributed by atoms with Crippen LogP contribution in [0.25, 0.3) is 0 Å². The summed E-state index contributed by atoms with van der Waals surface area (Å²) in [6.45, 7) is 8.29. The molecule has 1 aliphatic heterocycles. The third kappa shape index (κ3) is 3.83. The Morgan fingerprint density at radius 2 is 1.87 bits per heavy atom. The van der Waals surface area contributed by atoms with Crippen LogP contribution in [0.3, 0.4) is 0 Å². The summed E-state index contributed by atoms with van der Waals surface area (Å²) in [5, 5.41) is 1.99. The van der Waals surface area contributed by atoms with Gasteiger partial charge in [-0.25, -0.2) is 4.79 Å². The Balaban J connectivity index is 2.23. The highest BCUT2D eigenvalue weighted by Gasteiger charge is 2.34. The van der Waals surface area contributed by atoms with E-state index in [2.05, 4.69) is 0 Å². The zero-order chi connectivity index (χ0) is 11.6. The number of hydrogen-bond donors (Lipinski definition) is 0. The summed E-state index contributed by atoms with van der Waals surface area (Å²) in [4.78, 5) is 27.4. The molecule has 0 unspecified atom stereocenters. The number of hydrogen-bond acceptors (Lipinski definition) is 5. The Morgan fingerprint density at radius 3 is 2.27 bits per heavy atom. The van der Waals surface area contributed by atoms with Crippen molar-refractivity contribution in [3.05, 3.63) is 0 Å². The van der Waals surface area contributed by atoms with Crippen LogP contribution >= 0.6 is 11.8 Å². The molecule has 0 aliphatic carbocycles. The van der Waals surface area contributed by atoms with Gasteiger partial charge in [-0.2, -0.15) is 0 Å². The van der Waals surface area contributed by atoms with Crippen molar-refractivity contribution in [1.82, 2.24) is 5.06 Å². The van der Waals surface area contributed by atoms with E-state index in [-0.39, 0.29) is 16.3 Å². The molecule has 5 heteroatoms. The molecule has 86 valence electrons. The van der Waals surface area contributed by atoms with E-state index in [0.717, 1.165) is 0 Å². The van der Waals surface area contributed by atoms with Crippen LogP contribution in [0, 0.1) is 5.41 Å². The van der Waals surface area contributed by atoms with E-state index in [1.807, 2.05) is 20.8 Å². The lowest BCUT2D eigenvalue weighted by Gasteiger charge is -2.37. The van der Waals surface area contributed by atoms with Crippen molar-refractivity contribution < 1.29 is 14.4 Å². The van der Waals surface area contributed by atoms with E-state index in [9.17, 15) is 9.59 Å². The fourth-order valence-corrected chi connectivity index (χ4v) is 1.99. The molecule has 0 radical (unpaired) electrons. The monoisotopic (exact) mass is 231 g/mol. The van der Waals surface area contributed by atoms with Gasteiger partial charge in [-0.05, 0) is 20.8 Å². The predicted octanol–water partition coefficient (Wildman–Crippen LogP) is 1.45. The minimum Gasteiger partial charge on any atom is -0.367 e. The predicted molar refractivity (Wildman–Crippen MR) is 59.2 cm³/mol. The van der Waals surface area contributed by atoms with Gasteiger partial charge in [0.2, 0.25) is 0 Å². The minimum atomic E-state index is -0.473. The number of hydroxylamine groups is 2. The SMILES string of the molecule is CC(=O)SC1CN(OC(=O)C(C)(C)C)C1. The maximum atomic E-state index is 11.5. The molecule has 0 saturated carbocycles. The summed E-state index contributed by atoms with van der Waals surface area (Å²) in [6, 6.07) is 0. The van der Waals surface area contributed by atoms with Crippen LogP contribution in [-0.2, 0) is 14.4 Å². The lowest BCUT2D eigenvalue weighted by molar-refractivity contribution is -0.214. The summed E-state index contributed by atoms with van der Waals surface area (Å²) in [6.07, 6.45) is 0. The fraction of sp³-hybridized carbons (Fsp3) is 0.800. The van der Waals surface area contributed by atoms with Crippen molar-refractivity contribution in [3.63, 3.8) is 0 Å². The van der Waals surface area contributed by atoms with Gasteiger partial charge in [0.15, 0.2) is 5.12 Å². The number of carbonyl (C=O) groups is 2. The first-order valence-electron chi connectivity index (χ1n) is 4.93. The van der Waals surface area contributed by atoms with Crippen LogP contribution in [-0.4, -0.2) is 34.5 Å². The van der Waals surface area contributed by atoms with Crippen molar-refractivity contribution in [3.8, 4) is 0 Å². The van der Waals surface area contributed by atoms with Crippen molar-refractivity contribution in [1.29, 1.82) is 0 Å². The van der Waals surface area contributed by atoms with Gasteiger partial charge in [0.1, 0.15) is 0 Å². The molecule has 1 saturated heterocycles. The van der Waals surface area contributed by atoms with Gasteiger partial charge in [0, 0.05) is 25.3 Å². The Labute approximate surface area is 94.3 Å². The highest BCUT2D eigenvalue weighted by Crippen LogP contribution is 2.25. The van der Waals surface area contributed by atoms with Crippen LogP contribution in [0.5, 0.6) is 0 Å². The van der Waals surface area contributed by atoms with Crippen molar-refractivity contribution in [2.75, 3.05) is 13.1 Å². The Kier molecular flexibility index (Phi) is 3.78. The van der Waals surface area contributed by atoms with Crippen LogP contribution in [0.2, 0.25) is 0 Å². The van der Waals surface area contributed by atoms with Gasteiger partial charge in [-0.3, -0.25) is 4.79 Å². The van der Waals surface area contributed by atoms with Gasteiger partial charge in [0.05, 0.1) is 5.41 Å². The standard InChI is InChI=1S/C10H17NO3S/c1-7(12)15-8-5-11(6-8)14-9(13)10(2,3)4/h8H,5-6H2,1-4H3. The van der Waals surface area contributed by atoms with Gasteiger partial charge in [0.25, 0.3) is 0 Å². The van der Waals surface area contributed by atoms with Gasteiger partial charge >= 0.3 is 5.97 Å². The van der Waals surface area contributed by atoms with Crippen LogP contribution in [0.4, 0.5) is 0 Å². The maximum absolute atomic E-state index is 11.5. The molecular weight excluding hydrogens is 214 g/mol. The third-order valence-electron chi connectivity index (χ3n) is 1.97. The Bertz CT molecular complexity index is 266. The first-order chi connectivity index (χ1) is 6.79. The summed E-state index contributed by atoms with van der Waals surface area (Å²) < 4.78 is 0. The molecule has 1 rings (SSSR count). The summed E-state index contributed by atoms with van der Waals surface area (Å²) in [5.41, 5.74) is -0.473. The Hall–Kier alpha value is -0.550. The first kappa shape index (κ1) is 12.5. The molecule has 1 fully saturated rings. The molecule has 0 aromatic rings. The third-order valence-corrected chi connectivity index (χ3v) is 2.93. The van der Waals surface area contributed by atoms with Crippen LogP contribution in [0.1, 0.15) is 27.7 Å². The lowest BCUT2D eigenvalue weighted by Crippen LogP contribution is -2.51. The quantitative estimate of drug-likeness (QED) is 0.720. The number of thioether (sulfide) groups is 1. The van der Waals surface area contributed by atoms with Gasteiger partial charge in [-0.15, -0.1) is 5.06 Å². The Morgan fingerprint density at radius 1 is 1.33 bits per heavy atom. The molecule has 0 N–H and O–H groups in total. The molecule has 4 nitrogen and oxygen atoms in total. The average Bonchev–Trinajstić information content (AvgIpc) is 1.97. The van der Waals surface area contributed by atoms with Crippen molar-refractivity contribution in [2.45, 2.75) is 32.9 Å². The second-order valence-electron chi connectivity index (χ2n) is 4.71. The normalized spacial score (nSPS) is 18.4. The second-order valence-corrected chi connectivity index (χ2v) is 6.18. The fourth-order valence-electron chi connectivity index (χ4n) is 1.04. The number of rotatable bonds is 2. The van der Waals surface area contributed by atoms with E-state index in [1.54, 1.807) is 12.0 Å². The molecular formula is C10H17NO3S. The topological polar surface area (TPSA) is 46.6 Å². The summed E-state index contributed by atoms with van der Waals surface area (Å²) >= 11 is 1.31. The van der Waals surface area contributed by atoms with Gasteiger partial charge < -0.3 is 4.84 Å². The summed E-state index contributed by atoms with van der Waals surface area (Å²) in [7, 11) is 0. The number of carbonyl (C=O) groups excluding carboxylic acids is 2. The van der Waals surface area contributed by atoms with E-state index in [0.29, 0.717) is 13.1 Å². The zero-order valence-electron chi connectivity index (χ0n) is 9.57. The molecule has 1 heterocycles. The van der Waals surface area contributed by atoms with E-state index >= 15 is 0 Å².